The molecule has 0 unspecified atom stereocenters. The monoisotopic (exact) mass is 445 g/mol. The SMILES string of the molecule is CC(C)(C)C(=O)/N=c1\ss/c(=N\C(=O)C(C)(C)C)n1-c1ccc(Cl)c(Cl)c1. The Morgan fingerprint density at radius 3 is 1.67 bits per heavy atom. The van der Waals surface area contributed by atoms with E-state index in [-0.39, 0.29) is 11.8 Å². The lowest BCUT2D eigenvalue weighted by Crippen LogP contribution is -2.30. The molecule has 5 nitrogen and oxygen atoms in total. The minimum Gasteiger partial charge on any atom is -0.272 e. The fourth-order valence-corrected chi connectivity index (χ4v) is 4.11. The number of hydrogen-bond acceptors (Lipinski definition) is 4. The molecule has 1 heterocycles. The molecule has 0 bridgehead atoms. The maximum atomic E-state index is 12.4. The molecule has 0 fully saturated rings. The molecule has 0 saturated carbocycles. The summed E-state index contributed by atoms with van der Waals surface area (Å²) < 4.78 is 1.66. The van der Waals surface area contributed by atoms with Crippen LogP contribution in [-0.4, -0.2) is 16.4 Å². The minimum absolute atomic E-state index is 0.265. The van der Waals surface area contributed by atoms with Gasteiger partial charge in [0.2, 0.25) is 9.60 Å². The predicted molar refractivity (Wildman–Crippen MR) is 112 cm³/mol. The van der Waals surface area contributed by atoms with E-state index < -0.39 is 10.8 Å². The van der Waals surface area contributed by atoms with Crippen molar-refractivity contribution in [2.24, 2.45) is 20.8 Å². The lowest BCUT2D eigenvalue weighted by atomic mass is 9.96. The van der Waals surface area contributed by atoms with Crippen LogP contribution in [0.15, 0.2) is 28.2 Å². The molecule has 0 aliphatic carbocycles. The van der Waals surface area contributed by atoms with Gasteiger partial charge >= 0.3 is 0 Å². The second kappa shape index (κ2) is 7.99. The van der Waals surface area contributed by atoms with E-state index in [1.165, 1.54) is 20.7 Å². The van der Waals surface area contributed by atoms with Crippen LogP contribution in [0.4, 0.5) is 0 Å². The van der Waals surface area contributed by atoms with Crippen molar-refractivity contribution in [3.05, 3.63) is 37.8 Å². The normalized spacial score (nSPS) is 13.9. The summed E-state index contributed by atoms with van der Waals surface area (Å²) in [6.07, 6.45) is 0. The van der Waals surface area contributed by atoms with E-state index >= 15 is 0 Å². The lowest BCUT2D eigenvalue weighted by Gasteiger charge is -2.12. The Labute approximate surface area is 175 Å². The van der Waals surface area contributed by atoms with Gasteiger partial charge in [-0.1, -0.05) is 64.7 Å². The van der Waals surface area contributed by atoms with Crippen LogP contribution >= 0.6 is 43.9 Å². The molecule has 0 atom stereocenters. The molecule has 9 heteroatoms. The molecule has 0 spiro atoms. The number of halogens is 2. The van der Waals surface area contributed by atoms with Gasteiger partial charge in [-0.25, -0.2) is 0 Å². The average molecular weight is 446 g/mol. The van der Waals surface area contributed by atoms with Crippen LogP contribution in [0.2, 0.25) is 10.0 Å². The van der Waals surface area contributed by atoms with Crippen LogP contribution in [0, 0.1) is 10.8 Å². The van der Waals surface area contributed by atoms with E-state index in [2.05, 4.69) is 9.98 Å². The Hall–Kier alpha value is -1.28. The lowest BCUT2D eigenvalue weighted by molar-refractivity contribution is -0.125. The van der Waals surface area contributed by atoms with Gasteiger partial charge in [0.15, 0.2) is 0 Å². The fraction of sp³-hybridized carbons (Fsp3) is 0.444. The summed E-state index contributed by atoms with van der Waals surface area (Å²) in [4.78, 5) is 34.2. The Morgan fingerprint density at radius 2 is 1.30 bits per heavy atom. The van der Waals surface area contributed by atoms with E-state index in [9.17, 15) is 9.59 Å². The van der Waals surface area contributed by atoms with Crippen LogP contribution in [0.5, 0.6) is 0 Å². The zero-order chi connectivity index (χ0) is 20.6. The van der Waals surface area contributed by atoms with Gasteiger partial charge in [0.05, 0.1) is 15.7 Å². The molecule has 0 aliphatic rings. The number of aromatic nitrogens is 1. The van der Waals surface area contributed by atoms with Crippen LogP contribution < -0.4 is 9.60 Å². The minimum atomic E-state index is -0.622. The van der Waals surface area contributed by atoms with Gasteiger partial charge in [0.1, 0.15) is 0 Å². The topological polar surface area (TPSA) is 63.8 Å². The molecule has 2 aromatic rings. The molecule has 1 aromatic carbocycles. The van der Waals surface area contributed by atoms with Crippen molar-refractivity contribution >= 4 is 55.7 Å². The first kappa shape index (κ1) is 22.0. The standard InChI is InChI=1S/C18H21Cl2N3O2S2/c1-17(2,3)13(24)21-15-23(10-7-8-11(19)12(20)9-10)16(27-26-15)22-14(25)18(4,5)6/h7-9H,1-6H3/b21-15-,22-16-. The number of nitrogens with zero attached hydrogens (tertiary/aromatic N) is 3. The maximum Gasteiger partial charge on any atom is 0.253 e. The highest BCUT2D eigenvalue weighted by molar-refractivity contribution is 7.67. The molecule has 146 valence electrons. The van der Waals surface area contributed by atoms with Crippen molar-refractivity contribution in [3.8, 4) is 5.69 Å². The highest BCUT2D eigenvalue weighted by atomic mass is 35.5. The van der Waals surface area contributed by atoms with Gasteiger partial charge in [-0.15, -0.1) is 0 Å². The number of rotatable bonds is 1. The number of carbonyl (C=O) groups excluding carboxylic acids is 2. The zero-order valence-electron chi connectivity index (χ0n) is 16.0. The Balaban J connectivity index is 2.79. The van der Waals surface area contributed by atoms with E-state index in [1.54, 1.807) is 64.3 Å². The van der Waals surface area contributed by atoms with E-state index in [1.807, 2.05) is 0 Å². The van der Waals surface area contributed by atoms with Crippen molar-refractivity contribution in [2.45, 2.75) is 41.5 Å². The second-order valence-corrected chi connectivity index (χ2v) is 10.9. The molecule has 0 aliphatic heterocycles. The number of benzene rings is 1. The molecule has 1 aromatic heterocycles. The smallest absolute Gasteiger partial charge is 0.253 e. The molecular formula is C18H21Cl2N3O2S2. The summed E-state index contributed by atoms with van der Waals surface area (Å²) in [5.74, 6) is -0.530. The van der Waals surface area contributed by atoms with E-state index in [4.69, 9.17) is 23.2 Å². The quantitative estimate of drug-likeness (QED) is 0.588. The van der Waals surface area contributed by atoms with E-state index in [0.29, 0.717) is 25.3 Å². The van der Waals surface area contributed by atoms with Crippen LogP contribution in [0.3, 0.4) is 0 Å². The van der Waals surface area contributed by atoms with Gasteiger partial charge in [-0.05, 0) is 38.9 Å². The molecular weight excluding hydrogens is 425 g/mol. The summed E-state index contributed by atoms with van der Waals surface area (Å²) in [5, 5.41) is 0.771. The van der Waals surface area contributed by atoms with Gasteiger partial charge in [-0.3, -0.25) is 14.2 Å². The number of carbonyl (C=O) groups is 2. The van der Waals surface area contributed by atoms with Gasteiger partial charge in [-0.2, -0.15) is 9.98 Å². The van der Waals surface area contributed by atoms with Crippen LogP contribution in [0.1, 0.15) is 41.5 Å². The molecule has 27 heavy (non-hydrogen) atoms. The third-order valence-corrected chi connectivity index (χ3v) is 6.22. The maximum absolute atomic E-state index is 12.4. The Morgan fingerprint density at radius 1 is 0.852 bits per heavy atom. The number of amides is 2. The highest BCUT2D eigenvalue weighted by Gasteiger charge is 2.23. The first-order valence-corrected chi connectivity index (χ1v) is 11.1. The summed E-state index contributed by atoms with van der Waals surface area (Å²) in [6, 6.07) is 5.05. The van der Waals surface area contributed by atoms with Crippen molar-refractivity contribution in [2.75, 3.05) is 0 Å². The van der Waals surface area contributed by atoms with Crippen molar-refractivity contribution in [1.82, 2.24) is 4.57 Å². The molecule has 0 radical (unpaired) electrons. The Bertz CT molecular complexity index is 963. The highest BCUT2D eigenvalue weighted by Crippen LogP contribution is 2.24. The van der Waals surface area contributed by atoms with Crippen molar-refractivity contribution in [3.63, 3.8) is 0 Å². The zero-order valence-corrected chi connectivity index (χ0v) is 19.1. The summed E-state index contributed by atoms with van der Waals surface area (Å²) in [5.41, 5.74) is -0.617. The number of hydrogen-bond donors (Lipinski definition) is 0. The predicted octanol–water partition coefficient (Wildman–Crippen LogP) is 4.85. The first-order valence-electron chi connectivity index (χ1n) is 8.16. The van der Waals surface area contributed by atoms with Crippen molar-refractivity contribution in [1.29, 1.82) is 0 Å². The molecule has 0 saturated heterocycles. The summed E-state index contributed by atoms with van der Waals surface area (Å²) >= 11 is 12.2. The average Bonchev–Trinajstić information content (AvgIpc) is 2.90. The van der Waals surface area contributed by atoms with Crippen molar-refractivity contribution < 1.29 is 9.59 Å². The molecule has 2 amide bonds. The van der Waals surface area contributed by atoms with Gasteiger partial charge < -0.3 is 0 Å². The van der Waals surface area contributed by atoms with Gasteiger partial charge in [0, 0.05) is 10.8 Å². The third-order valence-electron chi connectivity index (χ3n) is 3.41. The third kappa shape index (κ3) is 5.38. The molecule has 2 rings (SSSR count). The fourth-order valence-electron chi connectivity index (χ4n) is 1.72. The first-order chi connectivity index (χ1) is 12.3. The molecule has 0 N–H and O–H groups in total. The summed E-state index contributed by atoms with van der Waals surface area (Å²) in [6.45, 7) is 10.8. The summed E-state index contributed by atoms with van der Waals surface area (Å²) in [7, 11) is 2.55. The van der Waals surface area contributed by atoms with Crippen LogP contribution in [-0.2, 0) is 9.59 Å². The van der Waals surface area contributed by atoms with E-state index in [0.717, 1.165) is 0 Å². The Kier molecular flexibility index (Phi) is 6.52. The largest absolute Gasteiger partial charge is 0.272 e. The second-order valence-electron chi connectivity index (χ2n) is 8.00. The van der Waals surface area contributed by atoms with Gasteiger partial charge in [0.25, 0.3) is 11.8 Å². The van der Waals surface area contributed by atoms with Crippen LogP contribution in [0.25, 0.3) is 5.69 Å².